The van der Waals surface area contributed by atoms with Crippen molar-refractivity contribution >= 4 is 45.0 Å². The van der Waals surface area contributed by atoms with Gasteiger partial charge in [0.2, 0.25) is 0 Å². The van der Waals surface area contributed by atoms with Crippen molar-refractivity contribution in [2.45, 2.75) is 10.4 Å². The SMILES string of the molecule is N#Cc1ccc(OP(=O)(O)CNS(=O)(=O)c2cc3cc(OCC[NH3+])c(OCC[NH3+])cc3s2)cn1.O=C([O-])C(F)(F)F. The normalized spacial score (nSPS) is 12.9. The van der Waals surface area contributed by atoms with Crippen LogP contribution in [0.1, 0.15) is 5.69 Å². The highest BCUT2D eigenvalue weighted by Gasteiger charge is 2.29. The number of nitrogens with zero attached hydrogens (tertiary/aromatic N) is 2. The van der Waals surface area contributed by atoms with E-state index in [1.165, 1.54) is 18.2 Å². The number of alkyl halides is 3. The number of carboxylic acid groups (broad SMARTS) is 1. The standard InChI is InChI=1S/C19H22N5O7PS2.C2HF3O2/c20-3-5-29-16-7-13-8-19(33-18(13)9-17(16)30-6-4-21)34(27,28)24-12-32(25,26)31-15-2-1-14(10-22)23-11-15;3-2(4,5)1(6)7/h1-2,7-9,11,24H,3-6,12,20-21H2,(H,25,26);(H,6,7)/p+1. The Morgan fingerprint density at radius 2 is 1.76 bits per heavy atom. The number of hydrogen-bond donors (Lipinski definition) is 4. The maximum Gasteiger partial charge on any atom is 0.430 e. The number of fused-ring (bicyclic) bond motifs is 1. The Labute approximate surface area is 234 Å². The molecule has 0 saturated heterocycles. The van der Waals surface area contributed by atoms with Crippen molar-refractivity contribution < 1.29 is 66.4 Å². The summed E-state index contributed by atoms with van der Waals surface area (Å²) in [5.74, 6) is -2.15. The molecule has 3 aromatic rings. The van der Waals surface area contributed by atoms with E-state index >= 15 is 0 Å². The lowest BCUT2D eigenvalue weighted by Gasteiger charge is -2.13. The molecule has 0 fully saturated rings. The molecule has 0 saturated carbocycles. The van der Waals surface area contributed by atoms with Crippen molar-refractivity contribution in [2.75, 3.05) is 32.6 Å². The second-order valence-electron chi connectivity index (χ2n) is 7.62. The Bertz CT molecular complexity index is 1500. The lowest BCUT2D eigenvalue weighted by atomic mass is 10.2. The summed E-state index contributed by atoms with van der Waals surface area (Å²) in [5, 5.41) is 18.1. The van der Waals surface area contributed by atoms with E-state index < -0.39 is 36.1 Å². The van der Waals surface area contributed by atoms with Gasteiger partial charge in [-0.25, -0.2) is 18.0 Å². The lowest BCUT2D eigenvalue weighted by Crippen LogP contribution is -2.53. The largest absolute Gasteiger partial charge is 0.542 e. The first-order valence-corrected chi connectivity index (χ1v) is 15.2. The number of halogens is 3. The molecule has 1 unspecified atom stereocenters. The first-order valence-electron chi connectivity index (χ1n) is 11.2. The van der Waals surface area contributed by atoms with Crippen LogP contribution in [0.5, 0.6) is 17.2 Å². The van der Waals surface area contributed by atoms with Gasteiger partial charge in [-0.2, -0.15) is 23.2 Å². The van der Waals surface area contributed by atoms with Crippen LogP contribution >= 0.6 is 18.9 Å². The van der Waals surface area contributed by atoms with Crippen LogP contribution in [0.25, 0.3) is 10.1 Å². The second kappa shape index (κ2) is 14.4. The van der Waals surface area contributed by atoms with Gasteiger partial charge in [-0.15, -0.1) is 11.3 Å². The van der Waals surface area contributed by atoms with E-state index in [0.717, 1.165) is 17.5 Å². The fourth-order valence-electron chi connectivity index (χ4n) is 2.68. The minimum absolute atomic E-state index is 0.0556. The summed E-state index contributed by atoms with van der Waals surface area (Å²) in [4.78, 5) is 22.6. The molecular weight excluding hydrogens is 618 g/mol. The molecule has 0 amide bonds. The Balaban J connectivity index is 0.000000745. The number of nitriles is 1. The van der Waals surface area contributed by atoms with Gasteiger partial charge in [0.1, 0.15) is 60.3 Å². The van der Waals surface area contributed by atoms with E-state index in [-0.39, 0.29) is 15.7 Å². The highest BCUT2D eigenvalue weighted by atomic mass is 32.2. The molecule has 1 atom stereocenters. The van der Waals surface area contributed by atoms with Gasteiger partial charge in [-0.3, -0.25) is 0 Å². The third-order valence-electron chi connectivity index (χ3n) is 4.41. The molecule has 0 aliphatic heterocycles. The number of quaternary nitrogens is 2. The number of nitrogens with one attached hydrogen (secondary N) is 1. The van der Waals surface area contributed by atoms with E-state index in [0.29, 0.717) is 47.9 Å². The predicted molar refractivity (Wildman–Crippen MR) is 134 cm³/mol. The third kappa shape index (κ3) is 10.4. The maximum atomic E-state index is 12.8. The van der Waals surface area contributed by atoms with Crippen molar-refractivity contribution in [3.05, 3.63) is 42.2 Å². The summed E-state index contributed by atoms with van der Waals surface area (Å²) < 4.78 is 88.5. The summed E-state index contributed by atoms with van der Waals surface area (Å²) in [5.41, 5.74) is 7.57. The van der Waals surface area contributed by atoms with E-state index in [2.05, 4.69) is 21.2 Å². The number of carboxylic acids is 1. The van der Waals surface area contributed by atoms with Crippen molar-refractivity contribution in [3.63, 3.8) is 0 Å². The Hall–Kier alpha value is -3.50. The van der Waals surface area contributed by atoms with Crippen molar-refractivity contribution in [1.29, 1.82) is 5.26 Å². The number of carbonyl (C=O) groups is 1. The number of aliphatic carboxylic acids is 1. The molecule has 224 valence electrons. The molecule has 14 nitrogen and oxygen atoms in total. The first kappa shape index (κ1) is 33.7. The zero-order valence-corrected chi connectivity index (χ0v) is 23.4. The van der Waals surface area contributed by atoms with Crippen LogP contribution in [-0.4, -0.2) is 63.0 Å². The molecule has 2 aromatic heterocycles. The number of pyridine rings is 1. The van der Waals surface area contributed by atoms with Gasteiger partial charge < -0.3 is 40.3 Å². The van der Waals surface area contributed by atoms with Gasteiger partial charge in [0.25, 0.3) is 10.0 Å². The molecule has 3 rings (SSSR count). The average Bonchev–Trinajstić information content (AvgIpc) is 3.33. The minimum atomic E-state index is -5.19. The highest BCUT2D eigenvalue weighted by molar-refractivity contribution is 7.92. The monoisotopic (exact) mass is 642 g/mol. The predicted octanol–water partition coefficient (Wildman–Crippen LogP) is -0.792. The molecule has 20 heteroatoms. The number of benzene rings is 1. The van der Waals surface area contributed by atoms with E-state index in [9.17, 15) is 31.0 Å². The number of hydrogen-bond acceptors (Lipinski definition) is 11. The van der Waals surface area contributed by atoms with Crippen LogP contribution in [0.4, 0.5) is 13.2 Å². The summed E-state index contributed by atoms with van der Waals surface area (Å²) in [6.45, 7) is 1.82. The molecule has 0 aliphatic rings. The zero-order valence-electron chi connectivity index (χ0n) is 20.9. The van der Waals surface area contributed by atoms with Gasteiger partial charge in [-0.05, 0) is 29.7 Å². The summed E-state index contributed by atoms with van der Waals surface area (Å²) in [6, 6.07) is 9.21. The average molecular weight is 643 g/mol. The molecule has 0 bridgehead atoms. The van der Waals surface area contributed by atoms with Crippen LogP contribution < -0.4 is 35.3 Å². The van der Waals surface area contributed by atoms with Gasteiger partial charge in [0, 0.05) is 10.8 Å². The van der Waals surface area contributed by atoms with Crippen LogP contribution in [0.2, 0.25) is 0 Å². The highest BCUT2D eigenvalue weighted by Crippen LogP contribution is 2.42. The van der Waals surface area contributed by atoms with Gasteiger partial charge in [-0.1, -0.05) is 0 Å². The minimum Gasteiger partial charge on any atom is -0.542 e. The molecule has 1 aromatic carbocycles. The number of rotatable bonds is 12. The smallest absolute Gasteiger partial charge is 0.430 e. The Morgan fingerprint density at radius 1 is 1.17 bits per heavy atom. The molecular formula is C21H24F3N5O9PS2+. The van der Waals surface area contributed by atoms with Crippen LogP contribution in [0.3, 0.4) is 0 Å². The van der Waals surface area contributed by atoms with Crippen LogP contribution in [0.15, 0.2) is 40.7 Å². The van der Waals surface area contributed by atoms with Crippen molar-refractivity contribution in [2.24, 2.45) is 0 Å². The molecule has 0 radical (unpaired) electrons. The zero-order chi connectivity index (χ0) is 30.8. The number of carbonyl (C=O) groups excluding carboxylic acids is 1. The molecule has 41 heavy (non-hydrogen) atoms. The van der Waals surface area contributed by atoms with E-state index in [1.807, 2.05) is 6.07 Å². The topological polar surface area (TPSA) is 243 Å². The number of ether oxygens (including phenoxy) is 2. The summed E-state index contributed by atoms with van der Waals surface area (Å²) >= 11 is 0.976. The van der Waals surface area contributed by atoms with Gasteiger partial charge >= 0.3 is 13.8 Å². The Morgan fingerprint density at radius 3 is 2.24 bits per heavy atom. The molecule has 0 aliphatic carbocycles. The third-order valence-corrected chi connectivity index (χ3v) is 8.65. The second-order valence-corrected chi connectivity index (χ2v) is 12.5. The van der Waals surface area contributed by atoms with Gasteiger partial charge in [0.15, 0.2) is 11.5 Å². The van der Waals surface area contributed by atoms with Crippen molar-refractivity contribution in [3.8, 4) is 23.3 Å². The van der Waals surface area contributed by atoms with Crippen LogP contribution in [-0.2, 0) is 19.4 Å². The fourth-order valence-corrected chi connectivity index (χ4v) is 6.63. The first-order chi connectivity index (χ1) is 19.1. The van der Waals surface area contributed by atoms with Crippen LogP contribution in [0, 0.1) is 11.3 Å². The summed E-state index contributed by atoms with van der Waals surface area (Å²) in [7, 11) is -8.51. The number of aromatic nitrogens is 1. The van der Waals surface area contributed by atoms with Gasteiger partial charge in [0.05, 0.1) is 6.20 Å². The lowest BCUT2D eigenvalue weighted by molar-refractivity contribution is -0.372. The summed E-state index contributed by atoms with van der Waals surface area (Å²) in [6.07, 6.45) is -4.95. The quantitative estimate of drug-likeness (QED) is 0.178. The molecule has 0 spiro atoms. The fraction of sp³-hybridized carbons (Fsp3) is 0.286. The molecule has 8 N–H and O–H groups in total. The number of thiophene rings is 1. The van der Waals surface area contributed by atoms with Crippen molar-refractivity contribution in [1.82, 2.24) is 9.71 Å². The molecule has 2 heterocycles. The Kier molecular flexibility index (Phi) is 11.8. The van der Waals surface area contributed by atoms with E-state index in [4.69, 9.17) is 29.2 Å². The maximum absolute atomic E-state index is 12.8. The number of sulfonamides is 1. The van der Waals surface area contributed by atoms with E-state index in [1.54, 1.807) is 12.1 Å².